The van der Waals surface area contributed by atoms with Gasteiger partial charge in [0.05, 0.1) is 6.10 Å². The van der Waals surface area contributed by atoms with Crippen molar-refractivity contribution in [2.45, 2.75) is 31.3 Å². The Hall–Kier alpha value is -3.39. The van der Waals surface area contributed by atoms with Gasteiger partial charge in [0.2, 0.25) is 5.91 Å². The number of nitrogens with one attached hydrogen (secondary N) is 1. The summed E-state index contributed by atoms with van der Waals surface area (Å²) in [5, 5.41) is 11.6. The van der Waals surface area contributed by atoms with Crippen molar-refractivity contribution in [2.24, 2.45) is 11.8 Å². The Labute approximate surface area is 204 Å². The monoisotopic (exact) mass is 478 g/mol. The molecule has 8 heteroatoms. The number of amides is 2. The van der Waals surface area contributed by atoms with Gasteiger partial charge >= 0.3 is 12.1 Å². The fourth-order valence-electron chi connectivity index (χ4n) is 5.62. The van der Waals surface area contributed by atoms with E-state index in [9.17, 15) is 14.4 Å². The average Bonchev–Trinajstić information content (AvgIpc) is 3.43. The summed E-state index contributed by atoms with van der Waals surface area (Å²) in [6.07, 6.45) is 1.95. The van der Waals surface area contributed by atoms with Crippen LogP contribution >= 0.6 is 0 Å². The van der Waals surface area contributed by atoms with E-state index < -0.39 is 12.1 Å². The Balaban J connectivity index is 1.10. The number of aliphatic carboxylic acids is 1. The van der Waals surface area contributed by atoms with Gasteiger partial charge in [0.1, 0.15) is 13.2 Å². The molecule has 0 aromatic heterocycles. The number of hydrogen-bond donors (Lipinski definition) is 2. The van der Waals surface area contributed by atoms with E-state index in [0.29, 0.717) is 19.6 Å². The Morgan fingerprint density at radius 3 is 2.29 bits per heavy atom. The minimum absolute atomic E-state index is 0.0108. The van der Waals surface area contributed by atoms with Crippen LogP contribution in [0.4, 0.5) is 4.79 Å². The molecule has 2 aromatic carbocycles. The number of nitrogens with zero attached hydrogens (tertiary/aromatic N) is 1. The average molecular weight is 479 g/mol. The van der Waals surface area contributed by atoms with Crippen LogP contribution in [0.25, 0.3) is 11.1 Å². The highest BCUT2D eigenvalue weighted by atomic mass is 16.5. The van der Waals surface area contributed by atoms with Crippen molar-refractivity contribution in [3.63, 3.8) is 0 Å². The fourth-order valence-corrected chi connectivity index (χ4v) is 5.62. The van der Waals surface area contributed by atoms with Gasteiger partial charge in [-0.1, -0.05) is 55.0 Å². The maximum atomic E-state index is 12.9. The molecule has 2 amide bonds. The molecule has 2 aromatic rings. The molecule has 1 aliphatic heterocycles. The molecule has 0 radical (unpaired) electrons. The van der Waals surface area contributed by atoms with Gasteiger partial charge in [-0.3, -0.25) is 4.79 Å². The minimum atomic E-state index is -1.01. The molecule has 1 saturated carbocycles. The van der Waals surface area contributed by atoms with Gasteiger partial charge in [0.25, 0.3) is 0 Å². The molecule has 3 aliphatic rings. The lowest BCUT2D eigenvalue weighted by Gasteiger charge is -2.40. The lowest BCUT2D eigenvalue weighted by Crippen LogP contribution is -2.57. The van der Waals surface area contributed by atoms with Crippen molar-refractivity contribution in [1.29, 1.82) is 0 Å². The molecule has 2 atom stereocenters. The van der Waals surface area contributed by atoms with Crippen molar-refractivity contribution >= 4 is 18.0 Å². The molecule has 1 heterocycles. The van der Waals surface area contributed by atoms with Crippen LogP contribution in [0.2, 0.25) is 0 Å². The van der Waals surface area contributed by atoms with E-state index in [1.807, 2.05) is 24.3 Å². The molecular weight excluding hydrogens is 448 g/mol. The Morgan fingerprint density at radius 1 is 0.971 bits per heavy atom. The summed E-state index contributed by atoms with van der Waals surface area (Å²) in [5.74, 6) is -0.995. The molecule has 0 unspecified atom stereocenters. The molecular formula is C27H30N2O6. The van der Waals surface area contributed by atoms with E-state index in [1.54, 1.807) is 4.90 Å². The first-order valence-electron chi connectivity index (χ1n) is 12.2. The third kappa shape index (κ3) is 4.89. The van der Waals surface area contributed by atoms with E-state index >= 15 is 0 Å². The zero-order chi connectivity index (χ0) is 24.4. The van der Waals surface area contributed by atoms with E-state index in [-0.39, 0.29) is 43.0 Å². The van der Waals surface area contributed by atoms with Gasteiger partial charge in [-0.25, -0.2) is 9.59 Å². The van der Waals surface area contributed by atoms with Crippen molar-refractivity contribution in [3.05, 3.63) is 59.7 Å². The number of benzene rings is 2. The van der Waals surface area contributed by atoms with Crippen LogP contribution in [0.1, 0.15) is 36.3 Å². The van der Waals surface area contributed by atoms with E-state index in [2.05, 4.69) is 29.6 Å². The summed E-state index contributed by atoms with van der Waals surface area (Å²) in [6.45, 7) is 1.17. The second-order valence-electron chi connectivity index (χ2n) is 9.57. The number of likely N-dealkylation sites (tertiary alicyclic amines) is 1. The molecule has 5 rings (SSSR count). The highest BCUT2D eigenvalue weighted by Crippen LogP contribution is 2.44. The van der Waals surface area contributed by atoms with Crippen molar-refractivity contribution in [2.75, 3.05) is 32.8 Å². The van der Waals surface area contributed by atoms with Crippen molar-refractivity contribution in [1.82, 2.24) is 10.2 Å². The zero-order valence-electron chi connectivity index (χ0n) is 19.5. The van der Waals surface area contributed by atoms with Gasteiger partial charge in [0.15, 0.2) is 0 Å². The van der Waals surface area contributed by atoms with Gasteiger partial charge in [-0.05, 0) is 41.0 Å². The van der Waals surface area contributed by atoms with Gasteiger partial charge in [-0.15, -0.1) is 0 Å². The number of carboxylic acids is 1. The molecule has 2 fully saturated rings. The first-order chi connectivity index (χ1) is 17.0. The summed E-state index contributed by atoms with van der Waals surface area (Å²) < 4.78 is 10.9. The standard InChI is InChI=1S/C27H30N2O6/c30-25(31)16-34-18-13-29(14-18)26(32)19-11-5-6-17(19)12-28-27(33)35-15-24-22-9-3-1-7-20(22)21-8-2-4-10-23(21)24/h1-4,7-10,17-19,24H,5-6,11-16H2,(H,28,33)(H,30,31)/t17-,19-/m0/s1. The molecule has 0 bridgehead atoms. The molecule has 35 heavy (non-hydrogen) atoms. The fraction of sp³-hybridized carbons (Fsp3) is 0.444. The third-order valence-corrected chi connectivity index (χ3v) is 7.43. The molecule has 2 N–H and O–H groups in total. The van der Waals surface area contributed by atoms with Gasteiger partial charge < -0.3 is 24.8 Å². The summed E-state index contributed by atoms with van der Waals surface area (Å²) in [7, 11) is 0. The van der Waals surface area contributed by atoms with Crippen LogP contribution in [-0.4, -0.2) is 66.9 Å². The predicted octanol–water partition coefficient (Wildman–Crippen LogP) is 3.25. The maximum Gasteiger partial charge on any atom is 0.407 e. The molecule has 2 aliphatic carbocycles. The summed E-state index contributed by atoms with van der Waals surface area (Å²) >= 11 is 0. The normalized spacial score (nSPS) is 21.2. The number of alkyl carbamates (subject to hydrolysis) is 1. The van der Waals surface area contributed by atoms with Crippen LogP contribution in [-0.2, 0) is 19.1 Å². The molecule has 8 nitrogen and oxygen atoms in total. The minimum Gasteiger partial charge on any atom is -0.480 e. The van der Waals surface area contributed by atoms with Crippen LogP contribution in [0.5, 0.6) is 0 Å². The number of ether oxygens (including phenoxy) is 2. The van der Waals surface area contributed by atoms with Crippen LogP contribution in [0.15, 0.2) is 48.5 Å². The summed E-state index contributed by atoms with van der Waals surface area (Å²) in [6, 6.07) is 16.4. The Kier molecular flexibility index (Phi) is 6.72. The van der Waals surface area contributed by atoms with E-state index in [1.165, 1.54) is 22.3 Å². The summed E-state index contributed by atoms with van der Waals surface area (Å²) in [5.41, 5.74) is 4.71. The largest absolute Gasteiger partial charge is 0.480 e. The van der Waals surface area contributed by atoms with Crippen molar-refractivity contribution < 1.29 is 29.0 Å². The van der Waals surface area contributed by atoms with Gasteiger partial charge in [-0.2, -0.15) is 0 Å². The number of rotatable bonds is 8. The predicted molar refractivity (Wildman–Crippen MR) is 128 cm³/mol. The Bertz CT molecular complexity index is 1070. The lowest BCUT2D eigenvalue weighted by molar-refractivity contribution is -0.157. The quantitative estimate of drug-likeness (QED) is 0.604. The number of fused-ring (bicyclic) bond motifs is 3. The first kappa shape index (κ1) is 23.4. The van der Waals surface area contributed by atoms with Crippen LogP contribution in [0, 0.1) is 11.8 Å². The second-order valence-corrected chi connectivity index (χ2v) is 9.57. The van der Waals surface area contributed by atoms with E-state index in [4.69, 9.17) is 14.6 Å². The zero-order valence-corrected chi connectivity index (χ0v) is 19.5. The van der Waals surface area contributed by atoms with Crippen molar-refractivity contribution in [3.8, 4) is 11.1 Å². The highest BCUT2D eigenvalue weighted by molar-refractivity contribution is 5.81. The molecule has 184 valence electrons. The molecule has 1 saturated heterocycles. The van der Waals surface area contributed by atoms with E-state index in [0.717, 1.165) is 19.3 Å². The SMILES string of the molecule is O=C(O)COC1CN(C(=O)[C@H]2CCC[C@H]2CNC(=O)OCC2c3ccccc3-c3ccccc32)C1. The summed E-state index contributed by atoms with van der Waals surface area (Å²) in [4.78, 5) is 37.8. The van der Waals surface area contributed by atoms with Crippen LogP contribution < -0.4 is 5.32 Å². The first-order valence-corrected chi connectivity index (χ1v) is 12.2. The lowest BCUT2D eigenvalue weighted by atomic mass is 9.93. The van der Waals surface area contributed by atoms with Gasteiger partial charge in [0, 0.05) is 31.5 Å². The highest BCUT2D eigenvalue weighted by Gasteiger charge is 2.40. The number of carbonyl (C=O) groups excluding carboxylic acids is 2. The number of carboxylic acid groups (broad SMARTS) is 1. The third-order valence-electron chi connectivity index (χ3n) is 7.43. The topological polar surface area (TPSA) is 105 Å². The second kappa shape index (κ2) is 10.1. The Morgan fingerprint density at radius 2 is 1.63 bits per heavy atom. The smallest absolute Gasteiger partial charge is 0.407 e. The number of hydrogen-bond acceptors (Lipinski definition) is 5. The maximum absolute atomic E-state index is 12.9. The number of carbonyl (C=O) groups is 3. The molecule has 0 spiro atoms. The van der Waals surface area contributed by atoms with Crippen LogP contribution in [0.3, 0.4) is 0 Å².